The van der Waals surface area contributed by atoms with Crippen molar-refractivity contribution in [2.45, 2.75) is 25.9 Å². The van der Waals surface area contributed by atoms with Crippen molar-refractivity contribution in [1.82, 2.24) is 4.98 Å². The highest BCUT2D eigenvalue weighted by molar-refractivity contribution is 6.00. The van der Waals surface area contributed by atoms with Gasteiger partial charge in [-0.3, -0.25) is 15.1 Å². The van der Waals surface area contributed by atoms with E-state index < -0.39 is 0 Å². The van der Waals surface area contributed by atoms with Crippen molar-refractivity contribution in [3.05, 3.63) is 64.5 Å². The number of aryl methyl sites for hydroxylation is 1. The second kappa shape index (κ2) is 7.82. The number of fused-ring (bicyclic) bond motifs is 1. The van der Waals surface area contributed by atoms with Crippen LogP contribution >= 0.6 is 0 Å². The molecule has 0 atom stereocenters. The molecule has 2 aromatic carbocycles. The summed E-state index contributed by atoms with van der Waals surface area (Å²) in [5.74, 6) is 0.871. The van der Waals surface area contributed by atoms with Crippen LogP contribution in [0.3, 0.4) is 0 Å². The zero-order valence-corrected chi connectivity index (χ0v) is 15.6. The Morgan fingerprint density at radius 1 is 1.18 bits per heavy atom. The van der Waals surface area contributed by atoms with Crippen LogP contribution in [0, 0.1) is 17.0 Å². The highest BCUT2D eigenvalue weighted by atomic mass is 16.6. The Hall–Kier alpha value is -3.19. The molecule has 1 aliphatic rings. The molecule has 0 aliphatic carbocycles. The average Bonchev–Trinajstić information content (AvgIpc) is 2.71. The van der Waals surface area contributed by atoms with Crippen LogP contribution in [0.4, 0.5) is 17.1 Å². The number of anilines is 2. The molecule has 7 heteroatoms. The van der Waals surface area contributed by atoms with Gasteiger partial charge < -0.3 is 14.8 Å². The van der Waals surface area contributed by atoms with Crippen LogP contribution in [-0.4, -0.2) is 29.2 Å². The molecular formula is C21H21N3O4. The van der Waals surface area contributed by atoms with Crippen LogP contribution in [0.15, 0.2) is 48.8 Å². The van der Waals surface area contributed by atoms with Gasteiger partial charge in [-0.05, 0) is 42.8 Å². The number of pyridine rings is 1. The first-order valence-corrected chi connectivity index (χ1v) is 9.25. The molecule has 1 saturated heterocycles. The third-order valence-electron chi connectivity index (χ3n) is 4.91. The van der Waals surface area contributed by atoms with Gasteiger partial charge in [0.2, 0.25) is 0 Å². The van der Waals surface area contributed by atoms with Crippen molar-refractivity contribution in [1.29, 1.82) is 0 Å². The normalized spacial score (nSPS) is 14.8. The Morgan fingerprint density at radius 3 is 2.75 bits per heavy atom. The van der Waals surface area contributed by atoms with E-state index in [1.165, 1.54) is 12.3 Å². The van der Waals surface area contributed by atoms with Crippen LogP contribution in [0.2, 0.25) is 0 Å². The van der Waals surface area contributed by atoms with Crippen molar-refractivity contribution in [3.63, 3.8) is 0 Å². The molecule has 28 heavy (non-hydrogen) atoms. The molecule has 1 aromatic heterocycles. The number of benzene rings is 2. The summed E-state index contributed by atoms with van der Waals surface area (Å²) in [7, 11) is 0. The van der Waals surface area contributed by atoms with Crippen molar-refractivity contribution < 1.29 is 14.4 Å². The maximum Gasteiger partial charge on any atom is 0.278 e. The third kappa shape index (κ3) is 3.75. The Morgan fingerprint density at radius 2 is 2.00 bits per heavy atom. The summed E-state index contributed by atoms with van der Waals surface area (Å²) in [6, 6.07) is 10.9. The highest BCUT2D eigenvalue weighted by Gasteiger charge is 2.17. The van der Waals surface area contributed by atoms with Crippen LogP contribution < -0.4 is 10.1 Å². The first kappa shape index (κ1) is 18.2. The van der Waals surface area contributed by atoms with Crippen LogP contribution in [0.1, 0.15) is 18.4 Å². The van der Waals surface area contributed by atoms with Crippen molar-refractivity contribution in [2.24, 2.45) is 0 Å². The maximum atomic E-state index is 11.3. The molecule has 1 N–H and O–H groups in total. The van der Waals surface area contributed by atoms with E-state index in [0.717, 1.165) is 54.1 Å². The Balaban J connectivity index is 1.58. The van der Waals surface area contributed by atoms with Gasteiger partial charge in [-0.25, -0.2) is 0 Å². The van der Waals surface area contributed by atoms with Gasteiger partial charge in [-0.15, -0.1) is 0 Å². The number of nitrogens with one attached hydrogen (secondary N) is 1. The molecule has 1 fully saturated rings. The molecule has 7 nitrogen and oxygen atoms in total. The average molecular weight is 379 g/mol. The van der Waals surface area contributed by atoms with Crippen molar-refractivity contribution >= 4 is 27.8 Å². The van der Waals surface area contributed by atoms with Gasteiger partial charge in [-0.2, -0.15) is 0 Å². The Bertz CT molecular complexity index is 1020. The number of hydrogen-bond donors (Lipinski definition) is 1. The summed E-state index contributed by atoms with van der Waals surface area (Å²) in [4.78, 5) is 14.9. The number of nitro groups is 1. The summed E-state index contributed by atoms with van der Waals surface area (Å²) in [5, 5.41) is 15.9. The fourth-order valence-electron chi connectivity index (χ4n) is 3.43. The lowest BCUT2D eigenvalue weighted by Crippen LogP contribution is -2.26. The molecule has 2 heterocycles. The summed E-state index contributed by atoms with van der Waals surface area (Å²) in [5.41, 5.74) is 2.76. The quantitative estimate of drug-likeness (QED) is 0.508. The van der Waals surface area contributed by atoms with E-state index in [2.05, 4.69) is 10.3 Å². The van der Waals surface area contributed by atoms with Gasteiger partial charge in [0.25, 0.3) is 5.69 Å². The number of ether oxygens (including phenoxy) is 2. The molecule has 3 aromatic rings. The van der Waals surface area contributed by atoms with Crippen molar-refractivity contribution in [3.8, 4) is 5.75 Å². The van der Waals surface area contributed by atoms with Gasteiger partial charge in [0.15, 0.2) is 0 Å². The first-order valence-electron chi connectivity index (χ1n) is 9.25. The minimum atomic E-state index is -0.389. The molecule has 0 spiro atoms. The van der Waals surface area contributed by atoms with E-state index >= 15 is 0 Å². The second-order valence-corrected chi connectivity index (χ2v) is 6.85. The monoisotopic (exact) mass is 379 g/mol. The van der Waals surface area contributed by atoms with E-state index in [-0.39, 0.29) is 16.7 Å². The fourth-order valence-corrected chi connectivity index (χ4v) is 3.43. The summed E-state index contributed by atoms with van der Waals surface area (Å²) in [6.07, 6.45) is 5.16. The topological polar surface area (TPSA) is 86.5 Å². The second-order valence-electron chi connectivity index (χ2n) is 6.85. The van der Waals surface area contributed by atoms with Gasteiger partial charge in [0.1, 0.15) is 11.9 Å². The minimum absolute atomic E-state index is 0.0463. The molecule has 1 aliphatic heterocycles. The van der Waals surface area contributed by atoms with E-state index in [0.29, 0.717) is 5.39 Å². The minimum Gasteiger partial charge on any atom is -0.490 e. The van der Waals surface area contributed by atoms with Gasteiger partial charge in [-0.1, -0.05) is 0 Å². The molecule has 4 rings (SSSR count). The van der Waals surface area contributed by atoms with E-state index in [4.69, 9.17) is 9.47 Å². The third-order valence-corrected chi connectivity index (χ3v) is 4.91. The Kier molecular flexibility index (Phi) is 5.08. The van der Waals surface area contributed by atoms with Crippen LogP contribution in [0.25, 0.3) is 10.8 Å². The summed E-state index contributed by atoms with van der Waals surface area (Å²) < 4.78 is 11.5. The Labute approximate surface area is 162 Å². The molecule has 0 bridgehead atoms. The lowest BCUT2D eigenvalue weighted by molar-refractivity contribution is -0.383. The predicted molar refractivity (Wildman–Crippen MR) is 107 cm³/mol. The number of hydrogen-bond acceptors (Lipinski definition) is 6. The van der Waals surface area contributed by atoms with Gasteiger partial charge >= 0.3 is 0 Å². The smallest absolute Gasteiger partial charge is 0.278 e. The maximum absolute atomic E-state index is 11.3. The first-order chi connectivity index (χ1) is 13.6. The van der Waals surface area contributed by atoms with Gasteiger partial charge in [0, 0.05) is 48.1 Å². The number of non-ortho nitro benzene ring substituents is 1. The molecule has 0 radical (unpaired) electrons. The molecule has 0 amide bonds. The number of aromatic nitrogens is 1. The van der Waals surface area contributed by atoms with E-state index in [9.17, 15) is 10.1 Å². The van der Waals surface area contributed by atoms with Crippen LogP contribution in [0.5, 0.6) is 5.75 Å². The molecule has 144 valence electrons. The SMILES string of the molecule is Cc1cc(Nc2ccc([N+](=O)[O-])c3cnccc23)ccc1OC1CCOCC1. The lowest BCUT2D eigenvalue weighted by atomic mass is 10.1. The van der Waals surface area contributed by atoms with E-state index in [1.54, 1.807) is 18.3 Å². The highest BCUT2D eigenvalue weighted by Crippen LogP contribution is 2.33. The summed E-state index contributed by atoms with van der Waals surface area (Å²) >= 11 is 0. The zero-order valence-electron chi connectivity index (χ0n) is 15.6. The lowest BCUT2D eigenvalue weighted by Gasteiger charge is -2.24. The standard InChI is InChI=1S/C21H21N3O4/c1-14-12-15(2-5-21(14)28-16-7-10-27-11-8-16)23-19-3-4-20(24(25)26)18-13-22-9-6-17(18)19/h2-6,9,12-13,16,23H,7-8,10-11H2,1H3. The molecule has 0 saturated carbocycles. The number of rotatable bonds is 5. The summed E-state index contributed by atoms with van der Waals surface area (Å²) in [6.45, 7) is 3.49. The number of nitrogens with zero attached hydrogens (tertiary/aromatic N) is 2. The van der Waals surface area contributed by atoms with E-state index in [1.807, 2.05) is 25.1 Å². The molecular weight excluding hydrogens is 358 g/mol. The number of nitro benzene ring substituents is 1. The predicted octanol–water partition coefficient (Wildman–Crippen LogP) is 4.75. The van der Waals surface area contributed by atoms with Crippen LogP contribution in [-0.2, 0) is 4.74 Å². The zero-order chi connectivity index (χ0) is 19.5. The largest absolute Gasteiger partial charge is 0.490 e. The van der Waals surface area contributed by atoms with Crippen molar-refractivity contribution in [2.75, 3.05) is 18.5 Å². The van der Waals surface area contributed by atoms with Gasteiger partial charge in [0.05, 0.1) is 23.5 Å². The molecule has 0 unspecified atom stereocenters. The fraction of sp³-hybridized carbons (Fsp3) is 0.286.